The average molecular weight is 461 g/mol. The standard InChI is InChI=1S/C27H28N2O5/c1-32-22-10-12-23(13-11-22)33-17-5-8-26(30)28-21-9-14-25-24(18-21)29(27(31)19-34-25)16-15-20-6-3-2-4-7-20/h2-4,6-7,9-14,18H,5,8,15-17,19H2,1H3,(H,28,30). The minimum Gasteiger partial charge on any atom is -0.497 e. The summed E-state index contributed by atoms with van der Waals surface area (Å²) in [5, 5.41) is 2.91. The third kappa shape index (κ3) is 6.07. The van der Waals surface area contributed by atoms with Gasteiger partial charge in [0, 0.05) is 18.7 Å². The van der Waals surface area contributed by atoms with E-state index in [1.54, 1.807) is 30.2 Å². The molecule has 3 aromatic carbocycles. The fraction of sp³-hybridized carbons (Fsp3) is 0.259. The zero-order chi connectivity index (χ0) is 23.8. The number of hydrogen-bond acceptors (Lipinski definition) is 5. The van der Waals surface area contributed by atoms with Crippen LogP contribution in [0, 0.1) is 0 Å². The number of hydrogen-bond donors (Lipinski definition) is 1. The van der Waals surface area contributed by atoms with E-state index in [1.165, 1.54) is 0 Å². The predicted octanol–water partition coefficient (Wildman–Crippen LogP) is 4.46. The highest BCUT2D eigenvalue weighted by molar-refractivity contribution is 5.99. The Labute approximate surface area is 199 Å². The van der Waals surface area contributed by atoms with Gasteiger partial charge in [0.1, 0.15) is 17.2 Å². The minimum absolute atomic E-state index is 0.0156. The highest BCUT2D eigenvalue weighted by atomic mass is 16.5. The van der Waals surface area contributed by atoms with Gasteiger partial charge in [-0.1, -0.05) is 30.3 Å². The van der Waals surface area contributed by atoms with Crippen LogP contribution in [0.25, 0.3) is 0 Å². The summed E-state index contributed by atoms with van der Waals surface area (Å²) in [4.78, 5) is 26.7. The molecule has 0 unspecified atom stereocenters. The molecule has 7 nitrogen and oxygen atoms in total. The number of ether oxygens (including phenoxy) is 3. The van der Waals surface area contributed by atoms with Crippen molar-refractivity contribution in [2.24, 2.45) is 0 Å². The van der Waals surface area contributed by atoms with Crippen LogP contribution in [0.1, 0.15) is 18.4 Å². The quantitative estimate of drug-likeness (QED) is 0.452. The Morgan fingerprint density at radius 3 is 2.56 bits per heavy atom. The van der Waals surface area contributed by atoms with Gasteiger partial charge >= 0.3 is 0 Å². The van der Waals surface area contributed by atoms with Crippen molar-refractivity contribution in [3.05, 3.63) is 78.4 Å². The largest absolute Gasteiger partial charge is 0.497 e. The van der Waals surface area contributed by atoms with Crippen molar-refractivity contribution in [2.45, 2.75) is 19.3 Å². The van der Waals surface area contributed by atoms with Crippen molar-refractivity contribution >= 4 is 23.2 Å². The predicted molar refractivity (Wildman–Crippen MR) is 131 cm³/mol. The lowest BCUT2D eigenvalue weighted by atomic mass is 10.1. The number of carbonyl (C=O) groups excluding carboxylic acids is 2. The lowest BCUT2D eigenvalue weighted by molar-refractivity contribution is -0.121. The number of rotatable bonds is 10. The molecular weight excluding hydrogens is 432 g/mol. The third-order valence-electron chi connectivity index (χ3n) is 5.53. The van der Waals surface area contributed by atoms with Gasteiger partial charge in [0.15, 0.2) is 6.61 Å². The Balaban J connectivity index is 1.30. The highest BCUT2D eigenvalue weighted by Crippen LogP contribution is 2.34. The molecule has 2 amide bonds. The molecule has 0 saturated heterocycles. The summed E-state index contributed by atoms with van der Waals surface area (Å²) in [5.74, 6) is 1.93. The van der Waals surface area contributed by atoms with Gasteiger partial charge in [-0.25, -0.2) is 0 Å². The summed E-state index contributed by atoms with van der Waals surface area (Å²) >= 11 is 0. The summed E-state index contributed by atoms with van der Waals surface area (Å²) in [6.07, 6.45) is 1.63. The fourth-order valence-electron chi connectivity index (χ4n) is 3.73. The van der Waals surface area contributed by atoms with E-state index >= 15 is 0 Å². The van der Waals surface area contributed by atoms with Crippen LogP contribution < -0.4 is 24.4 Å². The van der Waals surface area contributed by atoms with Gasteiger partial charge in [-0.2, -0.15) is 0 Å². The molecule has 0 aliphatic carbocycles. The molecule has 1 heterocycles. The molecule has 4 rings (SSSR count). The second kappa shape index (κ2) is 11.2. The molecule has 0 atom stereocenters. The molecule has 0 spiro atoms. The van der Waals surface area contributed by atoms with Crippen molar-refractivity contribution in [1.82, 2.24) is 0 Å². The number of benzene rings is 3. The van der Waals surface area contributed by atoms with E-state index in [4.69, 9.17) is 14.2 Å². The van der Waals surface area contributed by atoms with E-state index in [0.29, 0.717) is 43.1 Å². The number of amides is 2. The van der Waals surface area contributed by atoms with Crippen LogP contribution in [0.3, 0.4) is 0 Å². The number of nitrogens with one attached hydrogen (secondary N) is 1. The minimum atomic E-state index is -0.114. The molecule has 3 aromatic rings. The zero-order valence-corrected chi connectivity index (χ0v) is 19.2. The summed E-state index contributed by atoms with van der Waals surface area (Å²) in [6, 6.07) is 22.7. The normalized spacial score (nSPS) is 12.5. The van der Waals surface area contributed by atoms with Crippen LogP contribution in [0.15, 0.2) is 72.8 Å². The van der Waals surface area contributed by atoms with Gasteiger partial charge in [0.2, 0.25) is 5.91 Å². The van der Waals surface area contributed by atoms with Crippen LogP contribution in [0.4, 0.5) is 11.4 Å². The maximum Gasteiger partial charge on any atom is 0.265 e. The van der Waals surface area contributed by atoms with E-state index in [-0.39, 0.29) is 18.4 Å². The van der Waals surface area contributed by atoms with Gasteiger partial charge in [-0.3, -0.25) is 9.59 Å². The summed E-state index contributed by atoms with van der Waals surface area (Å²) in [7, 11) is 1.62. The third-order valence-corrected chi connectivity index (χ3v) is 5.53. The van der Waals surface area contributed by atoms with Crippen molar-refractivity contribution in [3.8, 4) is 17.2 Å². The first-order valence-electron chi connectivity index (χ1n) is 11.3. The molecular formula is C27H28N2O5. The average Bonchev–Trinajstić information content (AvgIpc) is 2.87. The summed E-state index contributed by atoms with van der Waals surface area (Å²) in [6.45, 7) is 0.987. The van der Waals surface area contributed by atoms with Crippen molar-refractivity contribution in [2.75, 3.05) is 37.1 Å². The smallest absolute Gasteiger partial charge is 0.265 e. The zero-order valence-electron chi connectivity index (χ0n) is 19.2. The molecule has 1 N–H and O–H groups in total. The maximum absolute atomic E-state index is 12.5. The lowest BCUT2D eigenvalue weighted by Gasteiger charge is -2.30. The summed E-state index contributed by atoms with van der Waals surface area (Å²) in [5.41, 5.74) is 2.46. The number of fused-ring (bicyclic) bond motifs is 1. The Hall–Kier alpha value is -4.00. The van der Waals surface area contributed by atoms with E-state index in [2.05, 4.69) is 5.32 Å². The van der Waals surface area contributed by atoms with Crippen molar-refractivity contribution < 1.29 is 23.8 Å². The van der Waals surface area contributed by atoms with Gasteiger partial charge < -0.3 is 24.4 Å². The number of anilines is 2. The SMILES string of the molecule is COc1ccc(OCCCC(=O)Nc2ccc3c(c2)N(CCc2ccccc2)C(=O)CO3)cc1. The van der Waals surface area contributed by atoms with Gasteiger partial charge in [0.05, 0.1) is 19.4 Å². The number of nitrogens with zero attached hydrogens (tertiary/aromatic N) is 1. The molecule has 1 aliphatic rings. The van der Waals surface area contributed by atoms with Gasteiger partial charge in [0.25, 0.3) is 5.91 Å². The topological polar surface area (TPSA) is 77.1 Å². The fourth-order valence-corrected chi connectivity index (χ4v) is 3.73. The highest BCUT2D eigenvalue weighted by Gasteiger charge is 2.25. The van der Waals surface area contributed by atoms with Crippen LogP contribution in [0.5, 0.6) is 17.2 Å². The molecule has 0 aromatic heterocycles. The van der Waals surface area contributed by atoms with Crippen LogP contribution in [-0.2, 0) is 16.0 Å². The summed E-state index contributed by atoms with van der Waals surface area (Å²) < 4.78 is 16.4. The molecule has 0 fully saturated rings. The molecule has 0 radical (unpaired) electrons. The Kier molecular flexibility index (Phi) is 7.65. The van der Waals surface area contributed by atoms with E-state index < -0.39 is 0 Å². The first-order chi connectivity index (χ1) is 16.6. The van der Waals surface area contributed by atoms with Gasteiger partial charge in [-0.15, -0.1) is 0 Å². The first-order valence-corrected chi connectivity index (χ1v) is 11.3. The molecule has 1 aliphatic heterocycles. The van der Waals surface area contributed by atoms with Crippen LogP contribution in [0.2, 0.25) is 0 Å². The van der Waals surface area contributed by atoms with E-state index in [1.807, 2.05) is 54.6 Å². The maximum atomic E-state index is 12.5. The number of methoxy groups -OCH3 is 1. The van der Waals surface area contributed by atoms with Crippen LogP contribution >= 0.6 is 0 Å². The molecule has 0 saturated carbocycles. The van der Waals surface area contributed by atoms with Crippen LogP contribution in [-0.4, -0.2) is 38.7 Å². The molecule has 0 bridgehead atoms. The second-order valence-corrected chi connectivity index (χ2v) is 7.93. The number of carbonyl (C=O) groups is 2. The van der Waals surface area contributed by atoms with E-state index in [9.17, 15) is 9.59 Å². The first kappa shape index (κ1) is 23.2. The monoisotopic (exact) mass is 460 g/mol. The lowest BCUT2D eigenvalue weighted by Crippen LogP contribution is -2.40. The second-order valence-electron chi connectivity index (χ2n) is 7.93. The molecule has 176 valence electrons. The Bertz CT molecular complexity index is 1120. The molecule has 34 heavy (non-hydrogen) atoms. The van der Waals surface area contributed by atoms with Crippen molar-refractivity contribution in [1.29, 1.82) is 0 Å². The Morgan fingerprint density at radius 1 is 1.03 bits per heavy atom. The van der Waals surface area contributed by atoms with Gasteiger partial charge in [-0.05, 0) is 60.9 Å². The van der Waals surface area contributed by atoms with Crippen molar-refractivity contribution in [3.63, 3.8) is 0 Å². The molecule has 7 heteroatoms. The Morgan fingerprint density at radius 2 is 1.79 bits per heavy atom. The van der Waals surface area contributed by atoms with E-state index in [0.717, 1.165) is 23.5 Å².